The molecule has 0 amide bonds. The van der Waals surface area contributed by atoms with Gasteiger partial charge in [-0.15, -0.1) is 11.3 Å². The topological polar surface area (TPSA) is 12.0 Å². The van der Waals surface area contributed by atoms with Crippen LogP contribution in [0.3, 0.4) is 0 Å². The molecule has 1 nitrogen and oxygen atoms in total. The Morgan fingerprint density at radius 2 is 1.95 bits per heavy atom. The van der Waals surface area contributed by atoms with Crippen LogP contribution in [0.15, 0.2) is 39.3 Å². The summed E-state index contributed by atoms with van der Waals surface area (Å²) in [7, 11) is 0. The molecule has 1 unspecified atom stereocenters. The molecular formula is C14H14Br2ClNS. The van der Waals surface area contributed by atoms with E-state index < -0.39 is 0 Å². The van der Waals surface area contributed by atoms with Crippen LogP contribution in [0.5, 0.6) is 0 Å². The van der Waals surface area contributed by atoms with Crippen molar-refractivity contribution in [1.82, 2.24) is 5.32 Å². The van der Waals surface area contributed by atoms with Crippen LogP contribution in [0.25, 0.3) is 0 Å². The van der Waals surface area contributed by atoms with E-state index in [1.165, 1.54) is 10.4 Å². The quantitative estimate of drug-likeness (QED) is 0.656. The molecule has 102 valence electrons. The zero-order valence-corrected chi connectivity index (χ0v) is 15.2. The molecule has 0 aliphatic carbocycles. The van der Waals surface area contributed by atoms with Crippen LogP contribution in [-0.4, -0.2) is 6.04 Å². The van der Waals surface area contributed by atoms with Crippen molar-refractivity contribution >= 4 is 54.8 Å². The molecule has 0 radical (unpaired) electrons. The van der Waals surface area contributed by atoms with Gasteiger partial charge in [0.25, 0.3) is 0 Å². The van der Waals surface area contributed by atoms with Gasteiger partial charge in [-0.25, -0.2) is 0 Å². The van der Waals surface area contributed by atoms with E-state index in [0.29, 0.717) is 6.04 Å². The minimum Gasteiger partial charge on any atom is -0.309 e. The molecule has 0 aliphatic rings. The van der Waals surface area contributed by atoms with E-state index in [4.69, 9.17) is 11.6 Å². The molecule has 1 aromatic carbocycles. The molecule has 0 aliphatic heterocycles. The van der Waals surface area contributed by atoms with Gasteiger partial charge in [0.2, 0.25) is 0 Å². The smallest absolute Gasteiger partial charge is 0.107 e. The summed E-state index contributed by atoms with van der Waals surface area (Å²) in [5.41, 5.74) is 1.34. The van der Waals surface area contributed by atoms with E-state index in [9.17, 15) is 0 Å². The average molecular weight is 424 g/mol. The van der Waals surface area contributed by atoms with Crippen molar-refractivity contribution < 1.29 is 0 Å². The molecule has 2 rings (SSSR count). The van der Waals surface area contributed by atoms with Gasteiger partial charge in [0.1, 0.15) is 4.34 Å². The minimum absolute atomic E-state index is 0.431. The van der Waals surface area contributed by atoms with Gasteiger partial charge in [-0.1, -0.05) is 39.7 Å². The summed E-state index contributed by atoms with van der Waals surface area (Å²) in [6.45, 7) is 3.06. The van der Waals surface area contributed by atoms with Crippen LogP contribution in [-0.2, 0) is 13.0 Å². The van der Waals surface area contributed by atoms with Gasteiger partial charge in [0.15, 0.2) is 0 Å². The lowest BCUT2D eigenvalue weighted by Crippen LogP contribution is -2.27. The predicted molar refractivity (Wildman–Crippen MR) is 91.2 cm³/mol. The lowest BCUT2D eigenvalue weighted by Gasteiger charge is -2.13. The molecule has 1 aromatic heterocycles. The van der Waals surface area contributed by atoms with E-state index in [1.54, 1.807) is 11.3 Å². The van der Waals surface area contributed by atoms with E-state index >= 15 is 0 Å². The van der Waals surface area contributed by atoms with Crippen molar-refractivity contribution in [2.75, 3.05) is 0 Å². The highest BCUT2D eigenvalue weighted by Gasteiger charge is 2.07. The van der Waals surface area contributed by atoms with E-state index in [0.717, 1.165) is 26.2 Å². The van der Waals surface area contributed by atoms with Gasteiger partial charge in [0.05, 0.1) is 0 Å². The zero-order chi connectivity index (χ0) is 13.8. The van der Waals surface area contributed by atoms with E-state index in [2.05, 4.69) is 74.4 Å². The Hall–Kier alpha value is 0.130. The lowest BCUT2D eigenvalue weighted by atomic mass is 10.1. The molecule has 1 heterocycles. The Balaban J connectivity index is 1.84. The average Bonchev–Trinajstić information content (AvgIpc) is 2.69. The second-order valence-electron chi connectivity index (χ2n) is 4.45. The maximum atomic E-state index is 6.03. The minimum atomic E-state index is 0.431. The number of thiophene rings is 1. The third-order valence-corrected chi connectivity index (χ3v) is 5.78. The molecule has 0 fully saturated rings. The number of hydrogen-bond acceptors (Lipinski definition) is 2. The fourth-order valence-electron chi connectivity index (χ4n) is 1.80. The number of nitrogens with one attached hydrogen (secondary N) is 1. The van der Waals surface area contributed by atoms with E-state index in [-0.39, 0.29) is 0 Å². The summed E-state index contributed by atoms with van der Waals surface area (Å²) in [4.78, 5) is 1.25. The van der Waals surface area contributed by atoms with Crippen molar-refractivity contribution in [3.8, 4) is 0 Å². The maximum Gasteiger partial charge on any atom is 0.107 e. The highest BCUT2D eigenvalue weighted by Crippen LogP contribution is 2.31. The molecule has 0 spiro atoms. The Bertz CT molecular complexity index is 519. The van der Waals surface area contributed by atoms with Gasteiger partial charge in [-0.05, 0) is 53.0 Å². The molecule has 0 saturated heterocycles. The Morgan fingerprint density at radius 3 is 2.53 bits per heavy atom. The highest BCUT2D eigenvalue weighted by atomic mass is 79.9. The van der Waals surface area contributed by atoms with Crippen LogP contribution in [0.1, 0.15) is 17.4 Å². The molecule has 0 saturated carbocycles. The normalized spacial score (nSPS) is 12.6. The lowest BCUT2D eigenvalue weighted by molar-refractivity contribution is 0.549. The predicted octanol–water partition coefficient (Wildman–Crippen LogP) is 5.65. The Kier molecular flexibility index (Phi) is 5.90. The summed E-state index contributed by atoms with van der Waals surface area (Å²) >= 11 is 14.5. The number of benzene rings is 1. The number of rotatable bonds is 5. The standard InChI is InChI=1S/C14H14Br2ClNS/c1-9(6-10-2-4-11(15)5-3-10)18-8-12-7-13(16)14(17)19-12/h2-5,7,9,18H,6,8H2,1H3. The largest absolute Gasteiger partial charge is 0.309 e. The second-order valence-corrected chi connectivity index (χ2v) is 7.96. The Morgan fingerprint density at radius 1 is 1.26 bits per heavy atom. The van der Waals surface area contributed by atoms with Gasteiger partial charge >= 0.3 is 0 Å². The van der Waals surface area contributed by atoms with Crippen molar-refractivity contribution in [3.63, 3.8) is 0 Å². The third kappa shape index (κ3) is 4.87. The van der Waals surface area contributed by atoms with Gasteiger partial charge in [-0.3, -0.25) is 0 Å². The summed E-state index contributed by atoms with van der Waals surface area (Å²) in [6.07, 6.45) is 1.02. The first kappa shape index (κ1) is 15.5. The van der Waals surface area contributed by atoms with Crippen molar-refractivity contribution in [2.24, 2.45) is 0 Å². The molecular weight excluding hydrogens is 409 g/mol. The molecule has 2 aromatic rings. The van der Waals surface area contributed by atoms with Gasteiger partial charge in [0, 0.05) is 26.4 Å². The fraction of sp³-hybridized carbons (Fsp3) is 0.286. The second kappa shape index (κ2) is 7.23. The van der Waals surface area contributed by atoms with Crippen LogP contribution >= 0.6 is 54.8 Å². The van der Waals surface area contributed by atoms with Crippen LogP contribution in [0.2, 0.25) is 4.34 Å². The van der Waals surface area contributed by atoms with E-state index in [1.807, 2.05) is 0 Å². The summed E-state index contributed by atoms with van der Waals surface area (Å²) in [6, 6.07) is 11.0. The summed E-state index contributed by atoms with van der Waals surface area (Å²) in [5.74, 6) is 0. The molecule has 1 N–H and O–H groups in total. The first-order valence-electron chi connectivity index (χ1n) is 5.96. The highest BCUT2D eigenvalue weighted by molar-refractivity contribution is 9.10. The summed E-state index contributed by atoms with van der Waals surface area (Å²) in [5, 5.41) is 3.52. The van der Waals surface area contributed by atoms with Crippen LogP contribution in [0.4, 0.5) is 0 Å². The first-order chi connectivity index (χ1) is 9.04. The van der Waals surface area contributed by atoms with Crippen LogP contribution in [0, 0.1) is 0 Å². The Labute approximate surface area is 139 Å². The zero-order valence-electron chi connectivity index (χ0n) is 10.4. The van der Waals surface area contributed by atoms with Crippen molar-refractivity contribution in [3.05, 3.63) is 54.1 Å². The number of hydrogen-bond donors (Lipinski definition) is 1. The maximum absolute atomic E-state index is 6.03. The SMILES string of the molecule is CC(Cc1ccc(Br)cc1)NCc1cc(Br)c(Cl)s1. The molecule has 1 atom stereocenters. The molecule has 19 heavy (non-hydrogen) atoms. The third-order valence-electron chi connectivity index (χ3n) is 2.78. The number of halogens is 3. The van der Waals surface area contributed by atoms with Crippen molar-refractivity contribution in [1.29, 1.82) is 0 Å². The van der Waals surface area contributed by atoms with Gasteiger partial charge in [-0.2, -0.15) is 0 Å². The monoisotopic (exact) mass is 421 g/mol. The molecule has 0 bridgehead atoms. The first-order valence-corrected chi connectivity index (χ1v) is 8.74. The van der Waals surface area contributed by atoms with Crippen LogP contribution < -0.4 is 5.32 Å². The van der Waals surface area contributed by atoms with Gasteiger partial charge < -0.3 is 5.32 Å². The summed E-state index contributed by atoms with van der Waals surface area (Å²) < 4.78 is 2.92. The fourth-order valence-corrected chi connectivity index (χ4v) is 3.81. The van der Waals surface area contributed by atoms with Crippen molar-refractivity contribution in [2.45, 2.75) is 25.9 Å². The molecule has 5 heteroatoms.